The summed E-state index contributed by atoms with van der Waals surface area (Å²) in [6.07, 6.45) is -2.52. The lowest BCUT2D eigenvalue weighted by molar-refractivity contribution is -0.205. The molecule has 1 saturated heterocycles. The van der Waals surface area contributed by atoms with Crippen LogP contribution in [0.3, 0.4) is 0 Å². The minimum atomic E-state index is -1.58. The number of ether oxygens (including phenoxy) is 5. The molecule has 3 atom stereocenters. The molecule has 0 spiro atoms. The quantitative estimate of drug-likeness (QED) is 0.498. The van der Waals surface area contributed by atoms with Crippen molar-refractivity contribution in [2.75, 3.05) is 13.2 Å². The number of carbonyl (C=O) groups is 4. The summed E-state index contributed by atoms with van der Waals surface area (Å²) in [5, 5.41) is 0. The summed E-state index contributed by atoms with van der Waals surface area (Å²) in [4.78, 5) is 44.7. The van der Waals surface area contributed by atoms with Crippen molar-refractivity contribution in [3.05, 3.63) is 0 Å². The first kappa shape index (κ1) is 17.9. The number of esters is 4. The van der Waals surface area contributed by atoms with Crippen LogP contribution in [0.2, 0.25) is 0 Å². The van der Waals surface area contributed by atoms with Gasteiger partial charge in [0.25, 0.3) is 0 Å². The lowest BCUT2D eigenvalue weighted by atomic mass is 10.00. The third-order valence-electron chi connectivity index (χ3n) is 2.70. The second-order valence-electron chi connectivity index (χ2n) is 4.76. The molecule has 0 aromatic carbocycles. The first-order valence-corrected chi connectivity index (χ1v) is 6.45. The molecule has 0 unspecified atom stereocenters. The van der Waals surface area contributed by atoms with Gasteiger partial charge in [0, 0.05) is 27.7 Å². The molecule has 9 nitrogen and oxygen atoms in total. The molecule has 0 N–H and O–H groups in total. The van der Waals surface area contributed by atoms with Crippen LogP contribution in [-0.4, -0.2) is 55.1 Å². The fourth-order valence-electron chi connectivity index (χ4n) is 1.99. The van der Waals surface area contributed by atoms with Crippen LogP contribution in [0.1, 0.15) is 27.7 Å². The van der Waals surface area contributed by atoms with Crippen LogP contribution < -0.4 is 0 Å². The van der Waals surface area contributed by atoms with Gasteiger partial charge in [-0.3, -0.25) is 19.2 Å². The van der Waals surface area contributed by atoms with E-state index in [0.29, 0.717) is 0 Å². The minimum absolute atomic E-state index is 0.268. The molecule has 0 aliphatic carbocycles. The molecule has 1 heterocycles. The van der Waals surface area contributed by atoms with Crippen molar-refractivity contribution >= 4 is 23.9 Å². The van der Waals surface area contributed by atoms with Gasteiger partial charge in [0.2, 0.25) is 18.0 Å². The van der Waals surface area contributed by atoms with E-state index < -0.39 is 48.5 Å². The number of hydrogen-bond donors (Lipinski definition) is 0. The number of hydrogen-bond acceptors (Lipinski definition) is 9. The maximum atomic E-state index is 11.3. The van der Waals surface area contributed by atoms with E-state index in [1.165, 1.54) is 6.92 Å². The van der Waals surface area contributed by atoms with Crippen molar-refractivity contribution in [1.29, 1.82) is 0 Å². The molecule has 1 aliphatic heterocycles. The molecule has 9 heteroatoms. The van der Waals surface area contributed by atoms with E-state index >= 15 is 0 Å². The predicted molar refractivity (Wildman–Crippen MR) is 68.2 cm³/mol. The lowest BCUT2D eigenvalue weighted by Gasteiger charge is -2.32. The second kappa shape index (κ2) is 7.21. The minimum Gasteiger partial charge on any atom is -0.461 e. The zero-order valence-electron chi connectivity index (χ0n) is 12.7. The average Bonchev–Trinajstić information content (AvgIpc) is 2.65. The Morgan fingerprint density at radius 3 is 2.00 bits per heavy atom. The molecule has 1 aliphatic rings. The third kappa shape index (κ3) is 4.69. The van der Waals surface area contributed by atoms with E-state index in [4.69, 9.17) is 23.7 Å². The maximum Gasteiger partial charge on any atom is 0.305 e. The molecule has 0 amide bonds. The normalized spacial score (nSPS) is 26.9. The Morgan fingerprint density at radius 2 is 1.55 bits per heavy atom. The zero-order chi connectivity index (χ0) is 16.9. The summed E-state index contributed by atoms with van der Waals surface area (Å²) < 4.78 is 25.2. The standard InChI is InChI=1S/C13H18O9/c1-7(14)18-5-13(22-10(4)17)6-19-12(21-9(3)16)11(13)20-8(2)15/h11-12H,5-6H2,1-4H3/t11-,12-,13+/m0/s1. The van der Waals surface area contributed by atoms with E-state index in [1.54, 1.807) is 0 Å². The summed E-state index contributed by atoms with van der Waals surface area (Å²) in [5.74, 6) is -2.69. The summed E-state index contributed by atoms with van der Waals surface area (Å²) in [7, 11) is 0. The second-order valence-corrected chi connectivity index (χ2v) is 4.76. The van der Waals surface area contributed by atoms with Crippen LogP contribution >= 0.6 is 0 Å². The Labute approximate surface area is 126 Å². The Hall–Kier alpha value is -2.16. The fourth-order valence-corrected chi connectivity index (χ4v) is 1.99. The summed E-state index contributed by atoms with van der Waals surface area (Å²) in [5.41, 5.74) is -1.58. The Morgan fingerprint density at radius 1 is 0.955 bits per heavy atom. The highest BCUT2D eigenvalue weighted by Crippen LogP contribution is 2.33. The van der Waals surface area contributed by atoms with Gasteiger partial charge in [-0.05, 0) is 0 Å². The van der Waals surface area contributed by atoms with Gasteiger partial charge < -0.3 is 23.7 Å². The molecule has 0 bridgehead atoms. The molecule has 0 aromatic heterocycles. The van der Waals surface area contributed by atoms with Gasteiger partial charge >= 0.3 is 23.9 Å². The van der Waals surface area contributed by atoms with Crippen molar-refractivity contribution in [2.24, 2.45) is 0 Å². The number of rotatable bonds is 5. The zero-order valence-corrected chi connectivity index (χ0v) is 12.7. The van der Waals surface area contributed by atoms with Gasteiger partial charge in [0.15, 0.2) is 0 Å². The SMILES string of the molecule is CC(=O)OC[C@@]1(OC(C)=O)CO[C@@H](OC(C)=O)[C@@H]1OC(C)=O. The molecular weight excluding hydrogens is 300 g/mol. The van der Waals surface area contributed by atoms with Crippen molar-refractivity contribution in [3.63, 3.8) is 0 Å². The van der Waals surface area contributed by atoms with E-state index in [9.17, 15) is 19.2 Å². The molecular formula is C13H18O9. The van der Waals surface area contributed by atoms with Crippen LogP contribution in [0.25, 0.3) is 0 Å². The van der Waals surface area contributed by atoms with Crippen LogP contribution in [0, 0.1) is 0 Å². The summed E-state index contributed by atoms with van der Waals surface area (Å²) in [6, 6.07) is 0. The molecule has 22 heavy (non-hydrogen) atoms. The van der Waals surface area contributed by atoms with Crippen LogP contribution in [-0.2, 0) is 42.9 Å². The van der Waals surface area contributed by atoms with Crippen molar-refractivity contribution < 1.29 is 42.9 Å². The van der Waals surface area contributed by atoms with Gasteiger partial charge in [-0.1, -0.05) is 0 Å². The molecule has 0 saturated carbocycles. The van der Waals surface area contributed by atoms with Crippen LogP contribution in [0.5, 0.6) is 0 Å². The highest BCUT2D eigenvalue weighted by atomic mass is 16.7. The van der Waals surface area contributed by atoms with Crippen molar-refractivity contribution in [3.8, 4) is 0 Å². The molecule has 124 valence electrons. The topological polar surface area (TPSA) is 114 Å². The molecule has 1 rings (SSSR count). The van der Waals surface area contributed by atoms with Crippen molar-refractivity contribution in [2.45, 2.75) is 45.7 Å². The van der Waals surface area contributed by atoms with Crippen LogP contribution in [0.4, 0.5) is 0 Å². The molecule has 1 fully saturated rings. The first-order valence-electron chi connectivity index (χ1n) is 6.45. The van der Waals surface area contributed by atoms with Crippen LogP contribution in [0.15, 0.2) is 0 Å². The average molecular weight is 318 g/mol. The number of carbonyl (C=O) groups excluding carboxylic acids is 4. The van der Waals surface area contributed by atoms with Gasteiger partial charge in [0.05, 0.1) is 6.61 Å². The highest BCUT2D eigenvalue weighted by Gasteiger charge is 2.57. The van der Waals surface area contributed by atoms with E-state index in [2.05, 4.69) is 0 Å². The Balaban J connectivity index is 3.07. The third-order valence-corrected chi connectivity index (χ3v) is 2.70. The fraction of sp³-hybridized carbons (Fsp3) is 0.692. The van der Waals surface area contributed by atoms with Gasteiger partial charge in [-0.2, -0.15) is 0 Å². The monoisotopic (exact) mass is 318 g/mol. The van der Waals surface area contributed by atoms with Crippen molar-refractivity contribution in [1.82, 2.24) is 0 Å². The first-order chi connectivity index (χ1) is 10.2. The predicted octanol–water partition coefficient (Wildman–Crippen LogP) is -0.297. The van der Waals surface area contributed by atoms with E-state index in [-0.39, 0.29) is 6.61 Å². The maximum absolute atomic E-state index is 11.3. The van der Waals surface area contributed by atoms with E-state index in [1.807, 2.05) is 0 Å². The van der Waals surface area contributed by atoms with Gasteiger partial charge in [0.1, 0.15) is 6.61 Å². The molecule has 0 aromatic rings. The van der Waals surface area contributed by atoms with Gasteiger partial charge in [-0.25, -0.2) is 0 Å². The molecule has 0 radical (unpaired) electrons. The smallest absolute Gasteiger partial charge is 0.305 e. The Kier molecular flexibility index (Phi) is 5.86. The summed E-state index contributed by atoms with van der Waals surface area (Å²) >= 11 is 0. The largest absolute Gasteiger partial charge is 0.461 e. The van der Waals surface area contributed by atoms with Gasteiger partial charge in [-0.15, -0.1) is 0 Å². The highest BCUT2D eigenvalue weighted by molar-refractivity contribution is 5.69. The Bertz CT molecular complexity index is 472. The van der Waals surface area contributed by atoms with E-state index in [0.717, 1.165) is 20.8 Å². The summed E-state index contributed by atoms with van der Waals surface area (Å²) in [6.45, 7) is 3.91. The lowest BCUT2D eigenvalue weighted by Crippen LogP contribution is -2.53.